The van der Waals surface area contributed by atoms with Gasteiger partial charge in [0.25, 0.3) is 0 Å². The second kappa shape index (κ2) is 14.8. The number of nitrogens with zero attached hydrogens (tertiary/aromatic N) is 2. The first kappa shape index (κ1) is 24.9. The highest BCUT2D eigenvalue weighted by atomic mass is 127. The summed E-state index contributed by atoms with van der Waals surface area (Å²) in [6.07, 6.45) is 6.22. The molecule has 27 heavy (non-hydrogen) atoms. The maximum absolute atomic E-state index is 5.82. The molecule has 2 saturated heterocycles. The molecule has 0 amide bonds. The van der Waals surface area contributed by atoms with Crippen molar-refractivity contribution in [3.63, 3.8) is 0 Å². The minimum absolute atomic E-state index is 0. The lowest BCUT2D eigenvalue weighted by Crippen LogP contribution is -2.41. The fraction of sp³-hybridized carbons (Fsp3) is 0.950. The number of ether oxygens (including phenoxy) is 2. The smallest absolute Gasteiger partial charge is 0.191 e. The highest BCUT2D eigenvalue weighted by Crippen LogP contribution is 2.18. The molecule has 0 radical (unpaired) electrons. The maximum atomic E-state index is 5.82. The van der Waals surface area contributed by atoms with E-state index in [1.54, 1.807) is 0 Å². The van der Waals surface area contributed by atoms with Crippen LogP contribution in [0.15, 0.2) is 4.99 Å². The fourth-order valence-electron chi connectivity index (χ4n) is 3.70. The summed E-state index contributed by atoms with van der Waals surface area (Å²) in [5, 5.41) is 6.83. The number of nitrogens with one attached hydrogen (secondary N) is 2. The standard InChI is InChI=1S/C20H40N4O2.HI/c1-4-21-20(22-9-7-12-26-19-8-13-25-16-19)23-15-18(14-17(2)3)24-10-5-6-11-24;/h17-19H,4-16H2,1-3H3,(H2,21,22,23);1H. The zero-order valence-corrected chi connectivity index (χ0v) is 19.9. The molecule has 0 saturated carbocycles. The monoisotopic (exact) mass is 496 g/mol. The van der Waals surface area contributed by atoms with Crippen LogP contribution in [0, 0.1) is 5.92 Å². The van der Waals surface area contributed by atoms with Gasteiger partial charge < -0.3 is 20.1 Å². The predicted molar refractivity (Wildman–Crippen MR) is 123 cm³/mol. The van der Waals surface area contributed by atoms with Crippen molar-refractivity contribution in [2.24, 2.45) is 10.9 Å². The molecule has 2 N–H and O–H groups in total. The lowest BCUT2D eigenvalue weighted by atomic mass is 10.0. The van der Waals surface area contributed by atoms with Gasteiger partial charge in [-0.25, -0.2) is 0 Å². The third-order valence-corrected chi connectivity index (χ3v) is 5.06. The van der Waals surface area contributed by atoms with Gasteiger partial charge in [0.05, 0.1) is 19.3 Å². The molecular weight excluding hydrogens is 455 g/mol. The number of hydrogen-bond acceptors (Lipinski definition) is 4. The largest absolute Gasteiger partial charge is 0.379 e. The van der Waals surface area contributed by atoms with Crippen LogP contribution in [-0.2, 0) is 9.47 Å². The van der Waals surface area contributed by atoms with Crippen molar-refractivity contribution in [2.45, 2.75) is 65.0 Å². The van der Waals surface area contributed by atoms with Crippen molar-refractivity contribution < 1.29 is 9.47 Å². The highest BCUT2D eigenvalue weighted by molar-refractivity contribution is 14.0. The molecule has 2 rings (SSSR count). The summed E-state index contributed by atoms with van der Waals surface area (Å²) in [5.41, 5.74) is 0. The maximum Gasteiger partial charge on any atom is 0.191 e. The number of aliphatic imine (C=N–C) groups is 1. The molecule has 0 aromatic rings. The van der Waals surface area contributed by atoms with Crippen LogP contribution >= 0.6 is 24.0 Å². The molecule has 0 bridgehead atoms. The van der Waals surface area contributed by atoms with Crippen molar-refractivity contribution in [1.82, 2.24) is 15.5 Å². The molecule has 0 aromatic heterocycles. The molecule has 0 aliphatic carbocycles. The second-order valence-electron chi connectivity index (χ2n) is 7.88. The van der Waals surface area contributed by atoms with E-state index >= 15 is 0 Å². The van der Waals surface area contributed by atoms with E-state index in [4.69, 9.17) is 14.5 Å². The quantitative estimate of drug-likeness (QED) is 0.200. The molecule has 2 unspecified atom stereocenters. The van der Waals surface area contributed by atoms with Crippen molar-refractivity contribution in [1.29, 1.82) is 0 Å². The number of hydrogen-bond donors (Lipinski definition) is 2. The minimum atomic E-state index is 0. The van der Waals surface area contributed by atoms with Gasteiger partial charge >= 0.3 is 0 Å². The number of likely N-dealkylation sites (tertiary alicyclic amines) is 1. The normalized spacial score (nSPS) is 22.1. The van der Waals surface area contributed by atoms with Crippen molar-refractivity contribution in [3.8, 4) is 0 Å². The van der Waals surface area contributed by atoms with Crippen LogP contribution in [0.3, 0.4) is 0 Å². The van der Waals surface area contributed by atoms with E-state index < -0.39 is 0 Å². The molecule has 0 spiro atoms. The van der Waals surface area contributed by atoms with E-state index in [9.17, 15) is 0 Å². The second-order valence-corrected chi connectivity index (χ2v) is 7.88. The average Bonchev–Trinajstić information content (AvgIpc) is 3.31. The summed E-state index contributed by atoms with van der Waals surface area (Å²) in [6.45, 7) is 14.2. The van der Waals surface area contributed by atoms with E-state index in [1.165, 1.54) is 32.4 Å². The van der Waals surface area contributed by atoms with E-state index in [2.05, 4.69) is 36.3 Å². The van der Waals surface area contributed by atoms with Crippen LogP contribution in [0.5, 0.6) is 0 Å². The zero-order chi connectivity index (χ0) is 18.6. The van der Waals surface area contributed by atoms with E-state index in [-0.39, 0.29) is 24.0 Å². The van der Waals surface area contributed by atoms with Gasteiger partial charge in [-0.2, -0.15) is 0 Å². The van der Waals surface area contributed by atoms with Crippen LogP contribution < -0.4 is 10.6 Å². The van der Waals surface area contributed by atoms with Crippen LogP contribution in [0.1, 0.15) is 52.9 Å². The molecule has 2 aliphatic rings. The van der Waals surface area contributed by atoms with Gasteiger partial charge in [0.2, 0.25) is 0 Å². The van der Waals surface area contributed by atoms with Crippen LogP contribution in [0.4, 0.5) is 0 Å². The Bertz CT molecular complexity index is 397. The summed E-state index contributed by atoms with van der Waals surface area (Å²) in [6, 6.07) is 0.568. The minimum Gasteiger partial charge on any atom is -0.379 e. The Hall–Kier alpha value is -0.120. The van der Waals surface area contributed by atoms with Gasteiger partial charge in [-0.1, -0.05) is 13.8 Å². The molecule has 2 atom stereocenters. The first-order chi connectivity index (χ1) is 12.7. The fourth-order valence-corrected chi connectivity index (χ4v) is 3.70. The molecule has 7 heteroatoms. The molecule has 2 aliphatic heterocycles. The Kier molecular flexibility index (Phi) is 13.7. The number of halogens is 1. The summed E-state index contributed by atoms with van der Waals surface area (Å²) in [4.78, 5) is 7.51. The van der Waals surface area contributed by atoms with Gasteiger partial charge in [-0.3, -0.25) is 9.89 Å². The molecule has 6 nitrogen and oxygen atoms in total. The lowest BCUT2D eigenvalue weighted by molar-refractivity contribution is 0.0420. The molecular formula is C20H41IN4O2. The molecule has 2 fully saturated rings. The SMILES string of the molecule is CCNC(=NCC(CC(C)C)N1CCCC1)NCCCOC1CCOC1.I. The predicted octanol–water partition coefficient (Wildman–Crippen LogP) is 2.87. The zero-order valence-electron chi connectivity index (χ0n) is 17.5. The Morgan fingerprint density at radius 1 is 1.26 bits per heavy atom. The molecule has 0 aromatic carbocycles. The molecule has 2 heterocycles. The van der Waals surface area contributed by atoms with Crippen LogP contribution in [0.25, 0.3) is 0 Å². The van der Waals surface area contributed by atoms with E-state index in [0.717, 1.165) is 58.3 Å². The van der Waals surface area contributed by atoms with Gasteiger partial charge in [0.15, 0.2) is 5.96 Å². The first-order valence-corrected chi connectivity index (χ1v) is 10.6. The third-order valence-electron chi connectivity index (χ3n) is 5.06. The van der Waals surface area contributed by atoms with Gasteiger partial charge in [-0.05, 0) is 58.0 Å². The van der Waals surface area contributed by atoms with Gasteiger partial charge in [0, 0.05) is 32.3 Å². The summed E-state index contributed by atoms with van der Waals surface area (Å²) in [7, 11) is 0. The van der Waals surface area contributed by atoms with Gasteiger partial charge in [-0.15, -0.1) is 24.0 Å². The first-order valence-electron chi connectivity index (χ1n) is 10.6. The van der Waals surface area contributed by atoms with E-state index in [0.29, 0.717) is 18.1 Å². The summed E-state index contributed by atoms with van der Waals surface area (Å²) >= 11 is 0. The average molecular weight is 496 g/mol. The Labute approximate surface area is 183 Å². The van der Waals surface area contributed by atoms with Crippen molar-refractivity contribution in [2.75, 3.05) is 52.5 Å². The Morgan fingerprint density at radius 3 is 2.67 bits per heavy atom. The van der Waals surface area contributed by atoms with Crippen LogP contribution in [-0.4, -0.2) is 75.5 Å². The molecule has 160 valence electrons. The Morgan fingerprint density at radius 2 is 2.04 bits per heavy atom. The van der Waals surface area contributed by atoms with Crippen molar-refractivity contribution >= 4 is 29.9 Å². The topological polar surface area (TPSA) is 58.1 Å². The summed E-state index contributed by atoms with van der Waals surface area (Å²) in [5.74, 6) is 1.65. The summed E-state index contributed by atoms with van der Waals surface area (Å²) < 4.78 is 11.2. The Balaban J connectivity index is 0.00000364. The number of guanidine groups is 1. The van der Waals surface area contributed by atoms with Crippen molar-refractivity contribution in [3.05, 3.63) is 0 Å². The van der Waals surface area contributed by atoms with Crippen LogP contribution in [0.2, 0.25) is 0 Å². The third kappa shape index (κ3) is 10.3. The number of rotatable bonds is 11. The van der Waals surface area contributed by atoms with E-state index in [1.807, 2.05) is 0 Å². The van der Waals surface area contributed by atoms with Gasteiger partial charge in [0.1, 0.15) is 0 Å². The highest BCUT2D eigenvalue weighted by Gasteiger charge is 2.22. The lowest BCUT2D eigenvalue weighted by Gasteiger charge is -2.28.